The van der Waals surface area contributed by atoms with Crippen LogP contribution in [-0.4, -0.2) is 13.0 Å². The van der Waals surface area contributed by atoms with E-state index in [0.29, 0.717) is 0 Å². The summed E-state index contributed by atoms with van der Waals surface area (Å²) in [5.41, 5.74) is 0.438. The van der Waals surface area contributed by atoms with Gasteiger partial charge < -0.3 is 10.1 Å². The lowest BCUT2D eigenvalue weighted by Gasteiger charge is -2.19. The van der Waals surface area contributed by atoms with Crippen LogP contribution in [0.15, 0.2) is 42.5 Å². The molecule has 1 aliphatic carbocycles. The van der Waals surface area contributed by atoms with Crippen LogP contribution in [0.5, 0.6) is 5.75 Å². The molecule has 0 aromatic heterocycles. The predicted octanol–water partition coefficient (Wildman–Crippen LogP) is 3.91. The van der Waals surface area contributed by atoms with Crippen LogP contribution in [0.25, 0.3) is 0 Å². The van der Waals surface area contributed by atoms with Gasteiger partial charge in [-0.1, -0.05) is 29.8 Å². The van der Waals surface area contributed by atoms with E-state index in [-0.39, 0.29) is 10.6 Å². The first-order chi connectivity index (χ1) is 10.6. The van der Waals surface area contributed by atoms with Gasteiger partial charge in [0.05, 0.1) is 23.2 Å². The standard InChI is InChI=1S/C17H15ClFNO2/c1-22-12-7-5-11(6-8-12)17(9-10-17)20-16(21)15-13(18)3-2-4-14(15)19/h2-8H,9-10H2,1H3,(H,20,21). The molecule has 1 N–H and O–H groups in total. The molecular formula is C17H15ClFNO2. The topological polar surface area (TPSA) is 38.3 Å². The lowest BCUT2D eigenvalue weighted by Crippen LogP contribution is -2.35. The molecule has 0 spiro atoms. The molecule has 1 fully saturated rings. The highest BCUT2D eigenvalue weighted by Crippen LogP contribution is 2.46. The number of halogens is 2. The third kappa shape index (κ3) is 2.66. The number of rotatable bonds is 4. The van der Waals surface area contributed by atoms with Crippen LogP contribution in [0.2, 0.25) is 5.02 Å². The lowest BCUT2D eigenvalue weighted by molar-refractivity contribution is 0.0927. The van der Waals surface area contributed by atoms with Gasteiger partial charge in [-0.2, -0.15) is 0 Å². The summed E-state index contributed by atoms with van der Waals surface area (Å²) in [6.07, 6.45) is 1.63. The summed E-state index contributed by atoms with van der Waals surface area (Å²) in [4.78, 5) is 12.4. The van der Waals surface area contributed by atoms with Crippen LogP contribution in [-0.2, 0) is 5.54 Å². The zero-order valence-electron chi connectivity index (χ0n) is 12.0. The fourth-order valence-corrected chi connectivity index (χ4v) is 2.76. The Bertz CT molecular complexity index is 691. The number of nitrogens with one attached hydrogen (secondary N) is 1. The van der Waals surface area contributed by atoms with E-state index in [0.717, 1.165) is 24.2 Å². The van der Waals surface area contributed by atoms with Gasteiger partial charge in [0.25, 0.3) is 5.91 Å². The van der Waals surface area contributed by atoms with Crippen molar-refractivity contribution < 1.29 is 13.9 Å². The minimum absolute atomic E-state index is 0.107. The molecule has 1 aliphatic rings. The van der Waals surface area contributed by atoms with Crippen LogP contribution >= 0.6 is 11.6 Å². The van der Waals surface area contributed by atoms with Gasteiger partial charge in [-0.25, -0.2) is 4.39 Å². The monoisotopic (exact) mass is 319 g/mol. The molecule has 0 bridgehead atoms. The molecule has 0 atom stereocenters. The van der Waals surface area contributed by atoms with Crippen molar-refractivity contribution >= 4 is 17.5 Å². The van der Waals surface area contributed by atoms with Crippen molar-refractivity contribution in [3.05, 3.63) is 64.4 Å². The number of hydrogen-bond donors (Lipinski definition) is 1. The SMILES string of the molecule is COc1ccc(C2(NC(=O)c3c(F)cccc3Cl)CC2)cc1. The molecule has 2 aromatic rings. The Hall–Kier alpha value is -2.07. The second-order valence-corrected chi connectivity index (χ2v) is 5.77. The normalized spacial score (nSPS) is 15.2. The summed E-state index contributed by atoms with van der Waals surface area (Å²) in [5.74, 6) is -0.352. The second-order valence-electron chi connectivity index (χ2n) is 5.36. The fraction of sp³-hybridized carbons (Fsp3) is 0.235. The molecule has 114 valence electrons. The summed E-state index contributed by atoms with van der Waals surface area (Å²) in [6.45, 7) is 0. The first-order valence-corrected chi connectivity index (χ1v) is 7.34. The van der Waals surface area contributed by atoms with E-state index in [1.807, 2.05) is 24.3 Å². The maximum absolute atomic E-state index is 13.8. The zero-order chi connectivity index (χ0) is 15.7. The van der Waals surface area contributed by atoms with E-state index in [1.54, 1.807) is 7.11 Å². The Balaban J connectivity index is 1.84. The zero-order valence-corrected chi connectivity index (χ0v) is 12.8. The van der Waals surface area contributed by atoms with Crippen molar-refractivity contribution in [1.29, 1.82) is 0 Å². The minimum Gasteiger partial charge on any atom is -0.497 e. The lowest BCUT2D eigenvalue weighted by atomic mass is 10.0. The van der Waals surface area contributed by atoms with Crippen LogP contribution in [0.4, 0.5) is 4.39 Å². The van der Waals surface area contributed by atoms with Gasteiger partial charge in [-0.15, -0.1) is 0 Å². The average molecular weight is 320 g/mol. The van der Waals surface area contributed by atoms with Gasteiger partial charge in [0.1, 0.15) is 11.6 Å². The van der Waals surface area contributed by atoms with Crippen LogP contribution in [0.3, 0.4) is 0 Å². The summed E-state index contributed by atoms with van der Waals surface area (Å²) >= 11 is 5.94. The van der Waals surface area contributed by atoms with Gasteiger partial charge in [-0.05, 0) is 42.7 Å². The predicted molar refractivity (Wildman–Crippen MR) is 82.8 cm³/mol. The van der Waals surface area contributed by atoms with Crippen molar-refractivity contribution in [2.75, 3.05) is 7.11 Å². The fourth-order valence-electron chi connectivity index (χ4n) is 2.52. The molecule has 22 heavy (non-hydrogen) atoms. The van der Waals surface area contributed by atoms with E-state index >= 15 is 0 Å². The van der Waals surface area contributed by atoms with Gasteiger partial charge >= 0.3 is 0 Å². The Labute approximate surface area is 133 Å². The number of amides is 1. The third-order valence-electron chi connectivity index (χ3n) is 3.94. The summed E-state index contributed by atoms with van der Waals surface area (Å²) in [5, 5.41) is 3.03. The molecule has 2 aromatic carbocycles. The van der Waals surface area contributed by atoms with Crippen molar-refractivity contribution in [3.8, 4) is 5.75 Å². The number of methoxy groups -OCH3 is 1. The molecule has 0 saturated heterocycles. The van der Waals surface area contributed by atoms with Crippen molar-refractivity contribution in [1.82, 2.24) is 5.32 Å². The highest BCUT2D eigenvalue weighted by atomic mass is 35.5. The molecule has 3 nitrogen and oxygen atoms in total. The summed E-state index contributed by atoms with van der Waals surface area (Å²) in [6, 6.07) is 11.7. The molecule has 3 rings (SSSR count). The second kappa shape index (κ2) is 5.61. The summed E-state index contributed by atoms with van der Waals surface area (Å²) < 4.78 is 19.0. The largest absolute Gasteiger partial charge is 0.497 e. The maximum atomic E-state index is 13.8. The Morgan fingerprint density at radius 2 is 1.91 bits per heavy atom. The Morgan fingerprint density at radius 1 is 1.23 bits per heavy atom. The molecule has 5 heteroatoms. The van der Waals surface area contributed by atoms with Gasteiger partial charge in [0.2, 0.25) is 0 Å². The highest BCUT2D eigenvalue weighted by Gasteiger charge is 2.46. The Morgan fingerprint density at radius 3 is 2.45 bits per heavy atom. The number of carbonyl (C=O) groups excluding carboxylic acids is 1. The van der Waals surface area contributed by atoms with Crippen molar-refractivity contribution in [2.24, 2.45) is 0 Å². The van der Waals surface area contributed by atoms with Crippen LogP contribution < -0.4 is 10.1 Å². The number of hydrogen-bond acceptors (Lipinski definition) is 2. The van der Waals surface area contributed by atoms with Crippen LogP contribution in [0.1, 0.15) is 28.8 Å². The smallest absolute Gasteiger partial charge is 0.256 e. The number of ether oxygens (including phenoxy) is 1. The Kier molecular flexibility index (Phi) is 3.79. The molecule has 1 amide bonds. The van der Waals surface area contributed by atoms with Crippen molar-refractivity contribution in [2.45, 2.75) is 18.4 Å². The van der Waals surface area contributed by atoms with Gasteiger partial charge in [-0.3, -0.25) is 4.79 Å². The number of benzene rings is 2. The molecule has 0 heterocycles. The van der Waals surface area contributed by atoms with E-state index in [2.05, 4.69) is 5.32 Å². The first-order valence-electron chi connectivity index (χ1n) is 6.97. The minimum atomic E-state index is -0.615. The van der Waals surface area contributed by atoms with E-state index < -0.39 is 17.3 Å². The molecule has 0 unspecified atom stereocenters. The molecule has 0 aliphatic heterocycles. The van der Waals surface area contributed by atoms with E-state index in [4.69, 9.17) is 16.3 Å². The van der Waals surface area contributed by atoms with Crippen LogP contribution in [0, 0.1) is 5.82 Å². The quantitative estimate of drug-likeness (QED) is 0.928. The van der Waals surface area contributed by atoms with Gasteiger partial charge in [0.15, 0.2) is 0 Å². The highest BCUT2D eigenvalue weighted by molar-refractivity contribution is 6.33. The number of carbonyl (C=O) groups is 1. The van der Waals surface area contributed by atoms with Gasteiger partial charge in [0, 0.05) is 0 Å². The van der Waals surface area contributed by atoms with E-state index in [1.165, 1.54) is 18.2 Å². The summed E-state index contributed by atoms with van der Waals surface area (Å²) in [7, 11) is 1.60. The molecular weight excluding hydrogens is 305 g/mol. The molecule has 1 saturated carbocycles. The maximum Gasteiger partial charge on any atom is 0.256 e. The average Bonchev–Trinajstić information content (AvgIpc) is 3.28. The molecule has 0 radical (unpaired) electrons. The van der Waals surface area contributed by atoms with E-state index in [9.17, 15) is 9.18 Å². The first kappa shape index (κ1) is 14.9. The third-order valence-corrected chi connectivity index (χ3v) is 4.25. The van der Waals surface area contributed by atoms with Crippen molar-refractivity contribution in [3.63, 3.8) is 0 Å².